The summed E-state index contributed by atoms with van der Waals surface area (Å²) >= 11 is 6.19. The van der Waals surface area contributed by atoms with E-state index < -0.39 is 0 Å². The molecule has 8 nitrogen and oxygen atoms in total. The molecule has 0 amide bonds. The van der Waals surface area contributed by atoms with Crippen LogP contribution in [0.2, 0.25) is 5.02 Å². The molecule has 33 heavy (non-hydrogen) atoms. The third-order valence-corrected chi connectivity index (χ3v) is 6.76. The fraction of sp³-hybridized carbons (Fsp3) is 0.458. The highest BCUT2D eigenvalue weighted by Gasteiger charge is 2.31. The molecule has 1 aromatic heterocycles. The van der Waals surface area contributed by atoms with Crippen LogP contribution >= 0.6 is 11.6 Å². The number of hydrogen-bond acceptors (Lipinski definition) is 7. The van der Waals surface area contributed by atoms with Crippen molar-refractivity contribution in [2.75, 3.05) is 44.8 Å². The maximum absolute atomic E-state index is 6.19. The number of aromatic nitrogens is 4. The molecule has 2 aromatic carbocycles. The molecule has 3 aromatic rings. The van der Waals surface area contributed by atoms with Gasteiger partial charge in [-0.25, -0.2) is 4.68 Å². The molecule has 174 valence electrons. The molecule has 0 N–H and O–H groups in total. The Labute approximate surface area is 199 Å². The predicted octanol–water partition coefficient (Wildman–Crippen LogP) is 3.43. The summed E-state index contributed by atoms with van der Waals surface area (Å²) in [5.41, 5.74) is 2.35. The molecular weight excluding hydrogens is 440 g/mol. The van der Waals surface area contributed by atoms with Gasteiger partial charge in [0.1, 0.15) is 5.75 Å². The van der Waals surface area contributed by atoms with Crippen molar-refractivity contribution >= 4 is 17.3 Å². The predicted molar refractivity (Wildman–Crippen MR) is 127 cm³/mol. The summed E-state index contributed by atoms with van der Waals surface area (Å²) in [5.74, 6) is 1.73. The molecule has 3 heterocycles. The number of nitrogens with zero attached hydrogens (tertiary/aromatic N) is 6. The Hall–Kier alpha value is -2.68. The first kappa shape index (κ1) is 22.1. The van der Waals surface area contributed by atoms with Crippen LogP contribution in [0.15, 0.2) is 48.5 Å². The first-order valence-electron chi connectivity index (χ1n) is 11.5. The number of halogens is 1. The smallest absolute Gasteiger partial charge is 0.173 e. The summed E-state index contributed by atoms with van der Waals surface area (Å²) in [6, 6.07) is 16.2. The lowest BCUT2D eigenvalue weighted by molar-refractivity contribution is 0.0906. The quantitative estimate of drug-likeness (QED) is 0.526. The second-order valence-electron chi connectivity index (χ2n) is 8.53. The molecule has 2 fully saturated rings. The Bertz CT molecular complexity index is 1030. The van der Waals surface area contributed by atoms with E-state index in [9.17, 15) is 0 Å². The fourth-order valence-electron chi connectivity index (χ4n) is 4.72. The van der Waals surface area contributed by atoms with Gasteiger partial charge in [0.2, 0.25) is 0 Å². The zero-order valence-electron chi connectivity index (χ0n) is 18.8. The molecule has 0 unspecified atom stereocenters. The Balaban J connectivity index is 1.37. The van der Waals surface area contributed by atoms with E-state index in [0.29, 0.717) is 6.54 Å². The number of methoxy groups -OCH3 is 1. The minimum Gasteiger partial charge on any atom is -0.497 e. The van der Waals surface area contributed by atoms with E-state index in [-0.39, 0.29) is 12.1 Å². The Morgan fingerprint density at radius 1 is 1.06 bits per heavy atom. The van der Waals surface area contributed by atoms with Gasteiger partial charge in [0.05, 0.1) is 25.8 Å². The maximum atomic E-state index is 6.19. The zero-order valence-corrected chi connectivity index (χ0v) is 19.6. The van der Waals surface area contributed by atoms with Gasteiger partial charge in [-0.3, -0.25) is 4.90 Å². The number of rotatable bonds is 7. The monoisotopic (exact) mass is 468 g/mol. The van der Waals surface area contributed by atoms with Gasteiger partial charge in [0.15, 0.2) is 5.82 Å². The van der Waals surface area contributed by atoms with Gasteiger partial charge >= 0.3 is 0 Å². The first-order valence-corrected chi connectivity index (χ1v) is 11.9. The number of benzene rings is 2. The van der Waals surface area contributed by atoms with E-state index in [2.05, 4.69) is 49.6 Å². The lowest BCUT2D eigenvalue weighted by Gasteiger charge is -2.40. The Morgan fingerprint density at radius 2 is 1.82 bits per heavy atom. The van der Waals surface area contributed by atoms with Gasteiger partial charge in [-0.1, -0.05) is 23.7 Å². The summed E-state index contributed by atoms with van der Waals surface area (Å²) in [6.07, 6.45) is 2.31. The van der Waals surface area contributed by atoms with Crippen molar-refractivity contribution in [2.24, 2.45) is 0 Å². The van der Waals surface area contributed by atoms with Gasteiger partial charge in [-0.05, 0) is 65.2 Å². The highest BCUT2D eigenvalue weighted by Crippen LogP contribution is 2.31. The van der Waals surface area contributed by atoms with Crippen molar-refractivity contribution in [3.05, 3.63) is 64.9 Å². The van der Waals surface area contributed by atoms with Crippen LogP contribution in [0.4, 0.5) is 5.69 Å². The zero-order chi connectivity index (χ0) is 22.6. The van der Waals surface area contributed by atoms with Gasteiger partial charge in [-0.2, -0.15) is 0 Å². The van der Waals surface area contributed by atoms with Gasteiger partial charge in [0.25, 0.3) is 0 Å². The van der Waals surface area contributed by atoms with E-state index in [1.54, 1.807) is 7.11 Å². The topological polar surface area (TPSA) is 68.5 Å². The minimum absolute atomic E-state index is 0.0447. The summed E-state index contributed by atoms with van der Waals surface area (Å²) < 4.78 is 13.1. The number of hydrogen-bond donors (Lipinski definition) is 0. The maximum Gasteiger partial charge on any atom is 0.173 e. The SMILES string of the molecule is COc1ccc(N2CCN([C@@H](c3ccc(Cl)cc3)c3nnnn3C[C@H]3CCCO3)CC2)cc1. The van der Waals surface area contributed by atoms with Crippen LogP contribution in [-0.2, 0) is 11.3 Å². The molecule has 0 spiro atoms. The lowest BCUT2D eigenvalue weighted by Crippen LogP contribution is -2.48. The third-order valence-electron chi connectivity index (χ3n) is 6.51. The molecule has 9 heteroatoms. The molecule has 2 saturated heterocycles. The second kappa shape index (κ2) is 10.1. The molecule has 5 rings (SSSR count). The molecule has 0 saturated carbocycles. The summed E-state index contributed by atoms with van der Waals surface area (Å²) in [7, 11) is 1.69. The molecule has 2 aliphatic heterocycles. The van der Waals surface area contributed by atoms with Gasteiger partial charge in [-0.15, -0.1) is 5.10 Å². The first-order chi connectivity index (χ1) is 16.2. The van der Waals surface area contributed by atoms with Crippen molar-refractivity contribution in [2.45, 2.75) is 31.5 Å². The van der Waals surface area contributed by atoms with Crippen molar-refractivity contribution in [3.63, 3.8) is 0 Å². The van der Waals surface area contributed by atoms with Crippen molar-refractivity contribution in [3.8, 4) is 5.75 Å². The van der Waals surface area contributed by atoms with E-state index in [1.165, 1.54) is 5.69 Å². The van der Waals surface area contributed by atoms with Crippen LogP contribution in [0, 0.1) is 0 Å². The van der Waals surface area contributed by atoms with E-state index in [1.807, 2.05) is 28.9 Å². The van der Waals surface area contributed by atoms with Crippen LogP contribution in [-0.4, -0.2) is 71.1 Å². The molecule has 0 bridgehead atoms. The number of ether oxygens (including phenoxy) is 2. The minimum atomic E-state index is -0.0447. The standard InChI is InChI=1S/C24H29ClN6O2/c1-32-21-10-8-20(9-11-21)29-12-14-30(15-13-29)23(18-4-6-19(25)7-5-18)24-26-27-28-31(24)17-22-3-2-16-33-22/h4-11,22-23H,2-3,12-17H2,1H3/t22-,23+/m1/s1. The number of piperazine rings is 1. The summed E-state index contributed by atoms with van der Waals surface area (Å²) in [5, 5.41) is 13.5. The van der Waals surface area contributed by atoms with Crippen molar-refractivity contribution < 1.29 is 9.47 Å². The third kappa shape index (κ3) is 4.98. The van der Waals surface area contributed by atoms with Crippen LogP contribution in [0.5, 0.6) is 5.75 Å². The summed E-state index contributed by atoms with van der Waals surface area (Å²) in [4.78, 5) is 4.87. The molecular formula is C24H29ClN6O2. The van der Waals surface area contributed by atoms with Crippen molar-refractivity contribution in [1.82, 2.24) is 25.1 Å². The molecule has 2 aliphatic rings. The average Bonchev–Trinajstić information content (AvgIpc) is 3.54. The highest BCUT2D eigenvalue weighted by atomic mass is 35.5. The van der Waals surface area contributed by atoms with Crippen LogP contribution in [0.25, 0.3) is 0 Å². The van der Waals surface area contributed by atoms with Crippen LogP contribution in [0.1, 0.15) is 30.3 Å². The number of tetrazole rings is 1. The van der Waals surface area contributed by atoms with E-state index in [4.69, 9.17) is 21.1 Å². The average molecular weight is 469 g/mol. The van der Waals surface area contributed by atoms with E-state index >= 15 is 0 Å². The Morgan fingerprint density at radius 3 is 2.48 bits per heavy atom. The molecule has 2 atom stereocenters. The summed E-state index contributed by atoms with van der Waals surface area (Å²) in [6.45, 7) is 5.12. The number of anilines is 1. The van der Waals surface area contributed by atoms with E-state index in [0.717, 1.165) is 67.8 Å². The largest absolute Gasteiger partial charge is 0.497 e. The van der Waals surface area contributed by atoms with Crippen molar-refractivity contribution in [1.29, 1.82) is 0 Å². The lowest BCUT2D eigenvalue weighted by atomic mass is 10.0. The fourth-order valence-corrected chi connectivity index (χ4v) is 4.84. The van der Waals surface area contributed by atoms with Crippen LogP contribution < -0.4 is 9.64 Å². The normalized spacial score (nSPS) is 20.2. The second-order valence-corrected chi connectivity index (χ2v) is 8.97. The van der Waals surface area contributed by atoms with Gasteiger partial charge in [0, 0.05) is 43.5 Å². The highest BCUT2D eigenvalue weighted by molar-refractivity contribution is 6.30. The molecule has 0 aliphatic carbocycles. The van der Waals surface area contributed by atoms with Crippen LogP contribution in [0.3, 0.4) is 0 Å². The Kier molecular flexibility index (Phi) is 6.75. The van der Waals surface area contributed by atoms with Gasteiger partial charge < -0.3 is 14.4 Å². The molecule has 0 radical (unpaired) electrons.